The molecule has 3 atom stereocenters. The molecule has 1 aliphatic carbocycles. The zero-order valence-electron chi connectivity index (χ0n) is 9.37. The summed E-state index contributed by atoms with van der Waals surface area (Å²) in [6.07, 6.45) is 0. The van der Waals surface area contributed by atoms with Crippen LogP contribution in [0.1, 0.15) is 11.5 Å². The average molecular weight is 241 g/mol. The SMILES string of the molecule is COP(=O)(OC)[C@H]1[C@H](N)[C@H]1c1ccccc1. The highest BCUT2D eigenvalue weighted by atomic mass is 31.2. The van der Waals surface area contributed by atoms with Crippen molar-refractivity contribution in [1.29, 1.82) is 0 Å². The van der Waals surface area contributed by atoms with E-state index >= 15 is 0 Å². The van der Waals surface area contributed by atoms with Crippen molar-refractivity contribution in [2.24, 2.45) is 5.73 Å². The molecule has 1 fully saturated rings. The Morgan fingerprint density at radius 2 is 1.75 bits per heavy atom. The Morgan fingerprint density at radius 3 is 2.25 bits per heavy atom. The van der Waals surface area contributed by atoms with Crippen molar-refractivity contribution >= 4 is 7.60 Å². The zero-order valence-corrected chi connectivity index (χ0v) is 10.3. The van der Waals surface area contributed by atoms with Crippen LogP contribution in [0.15, 0.2) is 30.3 Å². The van der Waals surface area contributed by atoms with Crippen LogP contribution in [-0.4, -0.2) is 25.9 Å². The summed E-state index contributed by atoms with van der Waals surface area (Å²) in [6.45, 7) is 0. The third-order valence-corrected chi connectivity index (χ3v) is 5.51. The van der Waals surface area contributed by atoms with Gasteiger partial charge >= 0.3 is 7.60 Å². The number of benzene rings is 1. The van der Waals surface area contributed by atoms with Gasteiger partial charge in [-0.15, -0.1) is 0 Å². The maximum Gasteiger partial charge on any atom is 0.335 e. The van der Waals surface area contributed by atoms with Crippen LogP contribution in [0.3, 0.4) is 0 Å². The van der Waals surface area contributed by atoms with E-state index in [1.807, 2.05) is 30.3 Å². The van der Waals surface area contributed by atoms with E-state index in [9.17, 15) is 4.57 Å². The molecular formula is C11H16NO3P. The molecule has 2 N–H and O–H groups in total. The second-order valence-corrected chi connectivity index (χ2v) is 6.32. The van der Waals surface area contributed by atoms with Gasteiger partial charge in [-0.1, -0.05) is 30.3 Å². The molecule has 0 unspecified atom stereocenters. The predicted octanol–water partition coefficient (Wildman–Crippen LogP) is 1.97. The molecule has 0 aliphatic heterocycles. The van der Waals surface area contributed by atoms with E-state index in [0.29, 0.717) is 0 Å². The molecule has 2 rings (SSSR count). The monoisotopic (exact) mass is 241 g/mol. The van der Waals surface area contributed by atoms with Crippen LogP contribution in [-0.2, 0) is 13.6 Å². The first-order chi connectivity index (χ1) is 7.64. The van der Waals surface area contributed by atoms with Crippen LogP contribution in [0.5, 0.6) is 0 Å². The normalized spacial score (nSPS) is 29.1. The minimum absolute atomic E-state index is 0.0759. The standard InChI is InChI=1S/C11H16NO3P/c1-14-16(13,15-2)11-9(10(11)12)8-6-4-3-5-7-8/h3-7,9-11H,12H2,1-2H3/t9-,10-,11-/m1/s1. The summed E-state index contributed by atoms with van der Waals surface area (Å²) in [6, 6.07) is 9.66. The fourth-order valence-electron chi connectivity index (χ4n) is 2.14. The zero-order chi connectivity index (χ0) is 11.8. The lowest BCUT2D eigenvalue weighted by atomic mass is 10.1. The molecule has 0 heterocycles. The summed E-state index contributed by atoms with van der Waals surface area (Å²) >= 11 is 0. The fourth-order valence-corrected chi connectivity index (χ4v) is 4.05. The van der Waals surface area contributed by atoms with Crippen LogP contribution in [0.4, 0.5) is 0 Å². The molecule has 1 aliphatic rings. The molecule has 1 aromatic rings. The highest BCUT2D eigenvalue weighted by Crippen LogP contribution is 2.66. The van der Waals surface area contributed by atoms with Gasteiger partial charge in [-0.25, -0.2) is 0 Å². The number of hydrogen-bond donors (Lipinski definition) is 1. The first-order valence-electron chi connectivity index (χ1n) is 5.16. The predicted molar refractivity (Wildman–Crippen MR) is 62.6 cm³/mol. The van der Waals surface area contributed by atoms with Crippen LogP contribution < -0.4 is 5.73 Å². The van der Waals surface area contributed by atoms with Crippen LogP contribution in [0.2, 0.25) is 0 Å². The molecule has 16 heavy (non-hydrogen) atoms. The summed E-state index contributed by atoms with van der Waals surface area (Å²) in [5.41, 5.74) is 6.82. The first kappa shape index (κ1) is 11.8. The van der Waals surface area contributed by atoms with Crippen molar-refractivity contribution in [1.82, 2.24) is 0 Å². The van der Waals surface area contributed by atoms with Crippen molar-refractivity contribution < 1.29 is 13.6 Å². The van der Waals surface area contributed by atoms with E-state index in [0.717, 1.165) is 5.56 Å². The molecule has 0 spiro atoms. The quantitative estimate of drug-likeness (QED) is 0.818. The highest BCUT2D eigenvalue weighted by molar-refractivity contribution is 7.55. The van der Waals surface area contributed by atoms with Gasteiger partial charge in [0.05, 0.1) is 5.66 Å². The van der Waals surface area contributed by atoms with Crippen LogP contribution >= 0.6 is 7.60 Å². The molecule has 5 heteroatoms. The van der Waals surface area contributed by atoms with E-state index in [1.54, 1.807) is 0 Å². The fraction of sp³-hybridized carbons (Fsp3) is 0.455. The van der Waals surface area contributed by atoms with Gasteiger partial charge < -0.3 is 14.8 Å². The summed E-state index contributed by atoms with van der Waals surface area (Å²) in [5.74, 6) is 0.0759. The smallest absolute Gasteiger partial charge is 0.326 e. The molecule has 0 amide bonds. The largest absolute Gasteiger partial charge is 0.335 e. The van der Waals surface area contributed by atoms with E-state index < -0.39 is 7.60 Å². The first-order valence-corrected chi connectivity index (χ1v) is 6.77. The third kappa shape index (κ3) is 1.82. The van der Waals surface area contributed by atoms with Crippen LogP contribution in [0, 0.1) is 0 Å². The van der Waals surface area contributed by atoms with Gasteiger partial charge in [0.25, 0.3) is 0 Å². The average Bonchev–Trinajstić information content (AvgIpc) is 3.02. The summed E-state index contributed by atoms with van der Waals surface area (Å²) in [4.78, 5) is 0. The van der Waals surface area contributed by atoms with Crippen molar-refractivity contribution in [3.63, 3.8) is 0 Å². The van der Waals surface area contributed by atoms with Gasteiger partial charge in [0.2, 0.25) is 0 Å². The Kier molecular flexibility index (Phi) is 3.17. The Balaban J connectivity index is 2.21. The summed E-state index contributed by atoms with van der Waals surface area (Å²) in [7, 11) is -0.244. The number of hydrogen-bond acceptors (Lipinski definition) is 4. The minimum Gasteiger partial charge on any atom is -0.326 e. The van der Waals surface area contributed by atoms with Crippen molar-refractivity contribution in [2.75, 3.05) is 14.2 Å². The van der Waals surface area contributed by atoms with Crippen molar-refractivity contribution in [2.45, 2.75) is 17.6 Å². The van der Waals surface area contributed by atoms with E-state index in [1.165, 1.54) is 14.2 Å². The Labute approximate surface area is 95.3 Å². The van der Waals surface area contributed by atoms with Gasteiger partial charge in [0, 0.05) is 26.2 Å². The molecule has 0 aromatic heterocycles. The van der Waals surface area contributed by atoms with Gasteiger partial charge in [0.1, 0.15) is 0 Å². The Morgan fingerprint density at radius 1 is 1.19 bits per heavy atom. The second kappa shape index (κ2) is 4.30. The van der Waals surface area contributed by atoms with Gasteiger partial charge in [-0.2, -0.15) is 0 Å². The molecule has 0 bridgehead atoms. The van der Waals surface area contributed by atoms with Gasteiger partial charge in [-0.3, -0.25) is 4.57 Å². The van der Waals surface area contributed by atoms with Gasteiger partial charge in [0.15, 0.2) is 0 Å². The van der Waals surface area contributed by atoms with Crippen LogP contribution in [0.25, 0.3) is 0 Å². The maximum absolute atomic E-state index is 12.2. The third-order valence-electron chi connectivity index (χ3n) is 3.09. The van der Waals surface area contributed by atoms with E-state index in [-0.39, 0.29) is 17.6 Å². The minimum atomic E-state index is -3.04. The number of nitrogens with two attached hydrogens (primary N) is 1. The summed E-state index contributed by atoms with van der Waals surface area (Å²) in [5, 5.41) is 0. The van der Waals surface area contributed by atoms with Gasteiger partial charge in [-0.05, 0) is 5.56 Å². The summed E-state index contributed by atoms with van der Waals surface area (Å²) < 4.78 is 22.2. The lowest BCUT2D eigenvalue weighted by molar-refractivity contribution is 0.273. The lowest BCUT2D eigenvalue weighted by Gasteiger charge is -2.13. The van der Waals surface area contributed by atoms with Crippen molar-refractivity contribution in [3.8, 4) is 0 Å². The molecule has 88 valence electrons. The molecule has 4 nitrogen and oxygen atoms in total. The molecule has 0 saturated heterocycles. The topological polar surface area (TPSA) is 61.5 Å². The molecule has 1 saturated carbocycles. The molecule has 1 aromatic carbocycles. The van der Waals surface area contributed by atoms with Crippen molar-refractivity contribution in [3.05, 3.63) is 35.9 Å². The Hall–Kier alpha value is -0.670. The maximum atomic E-state index is 12.2. The van der Waals surface area contributed by atoms with E-state index in [4.69, 9.17) is 14.8 Å². The van der Waals surface area contributed by atoms with E-state index in [2.05, 4.69) is 0 Å². The molecule has 0 radical (unpaired) electrons. The second-order valence-electron chi connectivity index (χ2n) is 3.91. The highest BCUT2D eigenvalue weighted by Gasteiger charge is 2.60. The number of rotatable bonds is 4. The lowest BCUT2D eigenvalue weighted by Crippen LogP contribution is -2.07. The Bertz CT molecular complexity index is 401. The molecular weight excluding hydrogens is 225 g/mol.